The van der Waals surface area contributed by atoms with Gasteiger partial charge in [0.25, 0.3) is 0 Å². The summed E-state index contributed by atoms with van der Waals surface area (Å²) in [6.07, 6.45) is 1.27. The predicted octanol–water partition coefficient (Wildman–Crippen LogP) is 3.55. The van der Waals surface area contributed by atoms with Crippen LogP contribution in [0.25, 0.3) is 0 Å². The van der Waals surface area contributed by atoms with E-state index in [0.717, 1.165) is 15.4 Å². The van der Waals surface area contributed by atoms with Crippen LogP contribution in [0.3, 0.4) is 0 Å². The zero-order valence-corrected chi connectivity index (χ0v) is 13.3. The summed E-state index contributed by atoms with van der Waals surface area (Å²) < 4.78 is 6.86. The average Bonchev–Trinajstić information content (AvgIpc) is 2.29. The molecule has 0 aliphatic carbocycles. The molecule has 0 atom stereocenters. The van der Waals surface area contributed by atoms with Gasteiger partial charge >= 0.3 is 0 Å². The summed E-state index contributed by atoms with van der Waals surface area (Å²) in [5, 5.41) is 2.77. The van der Waals surface area contributed by atoms with Crippen molar-refractivity contribution in [3.8, 4) is 0 Å². The van der Waals surface area contributed by atoms with Crippen LogP contribution in [0, 0.1) is 0 Å². The largest absolute Gasteiger partial charge is 0.397 e. The fourth-order valence-corrected chi connectivity index (χ4v) is 2.70. The van der Waals surface area contributed by atoms with E-state index < -0.39 is 0 Å². The first-order valence-corrected chi connectivity index (χ1v) is 7.25. The molecule has 0 aromatic heterocycles. The van der Waals surface area contributed by atoms with Crippen LogP contribution >= 0.6 is 31.9 Å². The smallest absolute Gasteiger partial charge is 0.226 e. The van der Waals surface area contributed by atoms with Crippen LogP contribution in [0.1, 0.15) is 19.8 Å². The molecule has 0 radical (unpaired) electrons. The molecule has 1 aromatic rings. The van der Waals surface area contributed by atoms with Crippen molar-refractivity contribution in [2.45, 2.75) is 19.8 Å². The Kier molecular flexibility index (Phi) is 6.67. The Morgan fingerprint density at radius 1 is 1.39 bits per heavy atom. The highest BCUT2D eigenvalue weighted by atomic mass is 79.9. The zero-order chi connectivity index (χ0) is 13.5. The molecule has 0 aliphatic rings. The van der Waals surface area contributed by atoms with Gasteiger partial charge in [-0.25, -0.2) is 0 Å². The topological polar surface area (TPSA) is 64.3 Å². The van der Waals surface area contributed by atoms with Crippen molar-refractivity contribution in [3.05, 3.63) is 21.1 Å². The molecule has 18 heavy (non-hydrogen) atoms. The number of ether oxygens (including phenoxy) is 1. The number of hydrogen-bond acceptors (Lipinski definition) is 3. The summed E-state index contributed by atoms with van der Waals surface area (Å²) in [5.74, 6) is -0.110. The fraction of sp³-hybridized carbons (Fsp3) is 0.417. The molecule has 3 N–H and O–H groups in total. The maximum Gasteiger partial charge on any atom is 0.226 e. The van der Waals surface area contributed by atoms with Crippen molar-refractivity contribution < 1.29 is 9.53 Å². The zero-order valence-electron chi connectivity index (χ0n) is 10.1. The van der Waals surface area contributed by atoms with Gasteiger partial charge in [0.05, 0.1) is 24.4 Å². The Labute approximate surface area is 124 Å². The van der Waals surface area contributed by atoms with E-state index in [1.54, 1.807) is 6.07 Å². The standard InChI is InChI=1S/C12H16Br2N2O2/c1-2-4-18-5-3-11(17)16-12-9(14)6-8(13)7-10(12)15/h6-7H,2-5,15H2,1H3,(H,16,17). The number of rotatable bonds is 6. The van der Waals surface area contributed by atoms with Gasteiger partial charge in [0.1, 0.15) is 0 Å². The summed E-state index contributed by atoms with van der Waals surface area (Å²) in [4.78, 5) is 11.7. The molecule has 0 spiro atoms. The van der Waals surface area contributed by atoms with Gasteiger partial charge in [0, 0.05) is 15.6 Å². The van der Waals surface area contributed by atoms with Crippen molar-refractivity contribution in [1.29, 1.82) is 0 Å². The van der Waals surface area contributed by atoms with Gasteiger partial charge in [-0.3, -0.25) is 4.79 Å². The van der Waals surface area contributed by atoms with Gasteiger partial charge in [-0.05, 0) is 34.5 Å². The number of carbonyl (C=O) groups excluding carboxylic acids is 1. The lowest BCUT2D eigenvalue weighted by molar-refractivity contribution is -0.117. The van der Waals surface area contributed by atoms with Gasteiger partial charge in [-0.15, -0.1) is 0 Å². The maximum atomic E-state index is 11.7. The van der Waals surface area contributed by atoms with Gasteiger partial charge in [-0.1, -0.05) is 22.9 Å². The Balaban J connectivity index is 2.54. The van der Waals surface area contributed by atoms with Crippen molar-refractivity contribution in [1.82, 2.24) is 0 Å². The number of halogens is 2. The van der Waals surface area contributed by atoms with Crippen LogP contribution in [0.5, 0.6) is 0 Å². The maximum absolute atomic E-state index is 11.7. The van der Waals surface area contributed by atoms with Crippen molar-refractivity contribution in [2.75, 3.05) is 24.3 Å². The van der Waals surface area contributed by atoms with E-state index >= 15 is 0 Å². The van der Waals surface area contributed by atoms with Crippen molar-refractivity contribution in [3.63, 3.8) is 0 Å². The first-order chi connectivity index (χ1) is 8.54. The monoisotopic (exact) mass is 378 g/mol. The molecule has 0 bridgehead atoms. The molecule has 6 heteroatoms. The molecule has 0 unspecified atom stereocenters. The fourth-order valence-electron chi connectivity index (χ4n) is 1.34. The second-order valence-corrected chi connectivity index (χ2v) is 5.53. The van der Waals surface area contributed by atoms with Crippen LogP contribution < -0.4 is 11.1 Å². The molecule has 0 heterocycles. The van der Waals surface area contributed by atoms with Crippen molar-refractivity contribution in [2.24, 2.45) is 0 Å². The lowest BCUT2D eigenvalue weighted by Crippen LogP contribution is -2.15. The van der Waals surface area contributed by atoms with Crippen molar-refractivity contribution >= 4 is 49.1 Å². The highest BCUT2D eigenvalue weighted by Crippen LogP contribution is 2.32. The number of carbonyl (C=O) groups is 1. The van der Waals surface area contributed by atoms with E-state index in [9.17, 15) is 4.79 Å². The first-order valence-electron chi connectivity index (χ1n) is 5.66. The molecule has 0 fully saturated rings. The van der Waals surface area contributed by atoms with E-state index in [-0.39, 0.29) is 5.91 Å². The van der Waals surface area contributed by atoms with E-state index in [1.165, 1.54) is 0 Å². The molecule has 0 saturated carbocycles. The molecule has 0 saturated heterocycles. The molecular formula is C12H16Br2N2O2. The van der Waals surface area contributed by atoms with Crippen LogP contribution in [0.4, 0.5) is 11.4 Å². The van der Waals surface area contributed by atoms with Gasteiger partial charge in [0.2, 0.25) is 5.91 Å². The second kappa shape index (κ2) is 7.76. The Hall–Kier alpha value is -0.590. The van der Waals surface area contributed by atoms with E-state index in [0.29, 0.717) is 31.0 Å². The van der Waals surface area contributed by atoms with Gasteiger partial charge in [0.15, 0.2) is 0 Å². The van der Waals surface area contributed by atoms with E-state index in [2.05, 4.69) is 37.2 Å². The number of hydrogen-bond donors (Lipinski definition) is 2. The summed E-state index contributed by atoms with van der Waals surface area (Å²) in [6, 6.07) is 3.58. The quantitative estimate of drug-likeness (QED) is 0.586. The molecule has 4 nitrogen and oxygen atoms in total. The number of nitrogens with two attached hydrogens (primary N) is 1. The van der Waals surface area contributed by atoms with Gasteiger partial charge < -0.3 is 15.8 Å². The molecule has 1 aromatic carbocycles. The third-order valence-electron chi connectivity index (χ3n) is 2.17. The number of nitrogen functional groups attached to an aromatic ring is 1. The second-order valence-electron chi connectivity index (χ2n) is 3.76. The minimum absolute atomic E-state index is 0.110. The third kappa shape index (κ3) is 4.96. The number of nitrogens with one attached hydrogen (secondary N) is 1. The normalized spacial score (nSPS) is 10.4. The predicted molar refractivity (Wildman–Crippen MR) is 80.6 cm³/mol. The molecule has 100 valence electrons. The van der Waals surface area contributed by atoms with E-state index in [1.807, 2.05) is 13.0 Å². The Morgan fingerprint density at radius 3 is 2.72 bits per heavy atom. The summed E-state index contributed by atoms with van der Waals surface area (Å²) >= 11 is 6.69. The third-order valence-corrected chi connectivity index (χ3v) is 3.26. The first kappa shape index (κ1) is 15.5. The lowest BCUT2D eigenvalue weighted by Gasteiger charge is -2.11. The number of benzene rings is 1. The lowest BCUT2D eigenvalue weighted by atomic mass is 10.2. The average molecular weight is 380 g/mol. The minimum atomic E-state index is -0.110. The van der Waals surface area contributed by atoms with E-state index in [4.69, 9.17) is 10.5 Å². The summed E-state index contributed by atoms with van der Waals surface area (Å²) in [5.41, 5.74) is 6.95. The van der Waals surface area contributed by atoms with Crippen LogP contribution in [0.15, 0.2) is 21.1 Å². The highest BCUT2D eigenvalue weighted by Gasteiger charge is 2.10. The summed E-state index contributed by atoms with van der Waals surface area (Å²) in [6.45, 7) is 3.13. The Morgan fingerprint density at radius 2 is 2.11 bits per heavy atom. The molecule has 1 amide bonds. The number of amides is 1. The number of anilines is 2. The van der Waals surface area contributed by atoms with Gasteiger partial charge in [-0.2, -0.15) is 0 Å². The SMILES string of the molecule is CCCOCCC(=O)Nc1c(N)cc(Br)cc1Br. The van der Waals surface area contributed by atoms with Crippen LogP contribution in [-0.2, 0) is 9.53 Å². The Bertz CT molecular complexity index is 402. The molecule has 0 aliphatic heterocycles. The van der Waals surface area contributed by atoms with Crippen LogP contribution in [-0.4, -0.2) is 19.1 Å². The summed E-state index contributed by atoms with van der Waals surface area (Å²) in [7, 11) is 0. The molecule has 1 rings (SSSR count). The molecular weight excluding hydrogens is 364 g/mol. The highest BCUT2D eigenvalue weighted by molar-refractivity contribution is 9.11. The minimum Gasteiger partial charge on any atom is -0.397 e. The van der Waals surface area contributed by atoms with Crippen LogP contribution in [0.2, 0.25) is 0 Å².